The third-order valence-corrected chi connectivity index (χ3v) is 9.09. The molecule has 4 aromatic rings. The fraction of sp³-hybridized carbons (Fsp3) is 0.263. The van der Waals surface area contributed by atoms with Crippen LogP contribution in [0.4, 0.5) is 32.4 Å². The minimum absolute atomic E-state index is 0.0334. The molecule has 1 N–H and O–H groups in total. The highest BCUT2D eigenvalue weighted by Gasteiger charge is 2.53. The number of likely N-dealkylation sites (N-methyl/N-ethyl adjacent to an activating group) is 1. The van der Waals surface area contributed by atoms with Crippen molar-refractivity contribution in [3.63, 3.8) is 0 Å². The van der Waals surface area contributed by atoms with Crippen molar-refractivity contribution in [2.75, 3.05) is 45.8 Å². The number of anilines is 1. The first-order valence-electron chi connectivity index (χ1n) is 16.6. The first kappa shape index (κ1) is 43.4. The van der Waals surface area contributed by atoms with E-state index in [1.165, 1.54) is 55.6 Å². The molecule has 4 rings (SSSR count). The number of alkyl halides is 3. The van der Waals surface area contributed by atoms with Gasteiger partial charge in [0.15, 0.2) is 11.6 Å². The fourth-order valence-electron chi connectivity index (χ4n) is 5.27. The Hall–Kier alpha value is -6.37. The molecule has 1 aromatic heterocycles. The number of hydrogen-bond acceptors (Lipinski definition) is 12. The molecular formula is C38H33F5N2O11S. The molecule has 2 amide bonds. The Kier molecular flexibility index (Phi) is 14.1. The van der Waals surface area contributed by atoms with Gasteiger partial charge in [-0.1, -0.05) is 36.4 Å². The Labute approximate surface area is 325 Å². The monoisotopic (exact) mass is 820 g/mol. The van der Waals surface area contributed by atoms with E-state index in [9.17, 15) is 41.9 Å². The van der Waals surface area contributed by atoms with Gasteiger partial charge in [0.2, 0.25) is 11.2 Å². The van der Waals surface area contributed by atoms with Crippen LogP contribution in [-0.4, -0.2) is 81.3 Å². The number of thiophene rings is 1. The standard InChI is InChI=1S/C38H33F5N2O11S/c1-5-53-34(49)37(35(50)54-6-2,27-12-9-17-57-27)20-55-36(51)56-31-25(39)18-26(29(30(31)40)33(48)45(3)19-28(46)52-4)44-32(47)24-11-8-7-10-23(24)21-13-15-22(16-14-21)38(41,42)43/h7-18H,5-6,19-20H2,1-4H3,(H,44,47). The summed E-state index contributed by atoms with van der Waals surface area (Å²) in [6.45, 7) is 0.630. The average molecular weight is 821 g/mol. The predicted octanol–water partition coefficient (Wildman–Crippen LogP) is 6.79. The number of rotatable bonds is 14. The van der Waals surface area contributed by atoms with Crippen molar-refractivity contribution < 1.29 is 74.4 Å². The number of methoxy groups -OCH3 is 1. The lowest BCUT2D eigenvalue weighted by molar-refractivity contribution is -0.167. The van der Waals surface area contributed by atoms with Gasteiger partial charge in [0, 0.05) is 23.6 Å². The Morgan fingerprint density at radius 1 is 0.842 bits per heavy atom. The van der Waals surface area contributed by atoms with Gasteiger partial charge in [0.05, 0.1) is 31.6 Å². The maximum Gasteiger partial charge on any atom is 0.514 e. The molecule has 3 aromatic carbocycles. The van der Waals surface area contributed by atoms with E-state index in [4.69, 9.17) is 18.9 Å². The Balaban J connectivity index is 1.73. The van der Waals surface area contributed by atoms with Crippen LogP contribution < -0.4 is 10.1 Å². The summed E-state index contributed by atoms with van der Waals surface area (Å²) in [5.74, 6) is -10.8. The number of carbonyl (C=O) groups is 6. The SMILES string of the molecule is CCOC(=O)C(COC(=O)Oc1c(F)cc(NC(=O)c2ccccc2-c2ccc(C(F)(F)F)cc2)c(C(=O)N(C)CC(=O)OC)c1F)(C(=O)OCC)c1cccs1. The molecule has 0 aliphatic carbocycles. The van der Waals surface area contributed by atoms with Crippen molar-refractivity contribution in [3.05, 3.63) is 105 Å². The molecule has 57 heavy (non-hydrogen) atoms. The lowest BCUT2D eigenvalue weighted by Gasteiger charge is -2.27. The second-order valence-electron chi connectivity index (χ2n) is 11.7. The summed E-state index contributed by atoms with van der Waals surface area (Å²) in [5.41, 5.74) is -5.19. The lowest BCUT2D eigenvalue weighted by Crippen LogP contribution is -2.50. The third-order valence-electron chi connectivity index (χ3n) is 8.06. The molecule has 0 radical (unpaired) electrons. The van der Waals surface area contributed by atoms with E-state index in [0.717, 1.165) is 49.8 Å². The van der Waals surface area contributed by atoms with Crippen molar-refractivity contribution in [3.8, 4) is 16.9 Å². The van der Waals surface area contributed by atoms with Gasteiger partial charge in [-0.3, -0.25) is 24.0 Å². The van der Waals surface area contributed by atoms with Crippen molar-refractivity contribution in [1.29, 1.82) is 0 Å². The molecule has 0 saturated heterocycles. The van der Waals surface area contributed by atoms with E-state index in [1.54, 1.807) is 0 Å². The molecule has 302 valence electrons. The number of amides is 2. The minimum atomic E-state index is -4.64. The van der Waals surface area contributed by atoms with E-state index in [-0.39, 0.29) is 34.8 Å². The van der Waals surface area contributed by atoms with Gasteiger partial charge in [0.1, 0.15) is 18.7 Å². The molecule has 1 heterocycles. The number of benzene rings is 3. The van der Waals surface area contributed by atoms with Crippen LogP contribution in [0.15, 0.2) is 72.1 Å². The van der Waals surface area contributed by atoms with Crippen molar-refractivity contribution in [2.45, 2.75) is 25.4 Å². The van der Waals surface area contributed by atoms with Crippen LogP contribution in [0.3, 0.4) is 0 Å². The largest absolute Gasteiger partial charge is 0.514 e. The van der Waals surface area contributed by atoms with Gasteiger partial charge in [-0.15, -0.1) is 11.3 Å². The Morgan fingerprint density at radius 3 is 2.04 bits per heavy atom. The highest BCUT2D eigenvalue weighted by molar-refractivity contribution is 7.10. The Morgan fingerprint density at radius 2 is 1.47 bits per heavy atom. The van der Waals surface area contributed by atoms with E-state index in [1.807, 2.05) is 0 Å². The van der Waals surface area contributed by atoms with Crippen molar-refractivity contribution >= 4 is 52.9 Å². The number of ether oxygens (including phenoxy) is 5. The summed E-state index contributed by atoms with van der Waals surface area (Å²) in [6.07, 6.45) is -6.49. The van der Waals surface area contributed by atoms with Crippen LogP contribution >= 0.6 is 11.3 Å². The molecule has 0 unspecified atom stereocenters. The highest BCUT2D eigenvalue weighted by atomic mass is 32.1. The fourth-order valence-corrected chi connectivity index (χ4v) is 6.16. The summed E-state index contributed by atoms with van der Waals surface area (Å²) >= 11 is 0.914. The third kappa shape index (κ3) is 9.72. The van der Waals surface area contributed by atoms with Crippen LogP contribution in [0.5, 0.6) is 5.75 Å². The van der Waals surface area contributed by atoms with Crippen molar-refractivity contribution in [1.82, 2.24) is 4.90 Å². The second-order valence-corrected chi connectivity index (χ2v) is 12.6. The molecule has 0 spiro atoms. The van der Waals surface area contributed by atoms with Gasteiger partial charge < -0.3 is 33.9 Å². The normalized spacial score (nSPS) is 11.2. The molecule has 0 fully saturated rings. The van der Waals surface area contributed by atoms with Gasteiger partial charge in [-0.2, -0.15) is 13.2 Å². The van der Waals surface area contributed by atoms with E-state index in [2.05, 4.69) is 10.1 Å². The van der Waals surface area contributed by atoms with Crippen LogP contribution in [0, 0.1) is 11.6 Å². The van der Waals surface area contributed by atoms with E-state index >= 15 is 8.78 Å². The molecule has 0 aliphatic rings. The summed E-state index contributed by atoms with van der Waals surface area (Å²) in [7, 11) is 2.05. The molecule has 0 atom stereocenters. The summed E-state index contributed by atoms with van der Waals surface area (Å²) in [5, 5.41) is 3.72. The van der Waals surface area contributed by atoms with Crippen LogP contribution in [0.2, 0.25) is 0 Å². The first-order chi connectivity index (χ1) is 27.0. The van der Waals surface area contributed by atoms with Crippen LogP contribution in [0.25, 0.3) is 11.1 Å². The molecule has 0 bridgehead atoms. The smallest absolute Gasteiger partial charge is 0.468 e. The Bertz CT molecular complexity index is 2120. The number of halogens is 5. The van der Waals surface area contributed by atoms with Crippen LogP contribution in [0.1, 0.15) is 45.0 Å². The summed E-state index contributed by atoms with van der Waals surface area (Å²) < 4.78 is 96.2. The minimum Gasteiger partial charge on any atom is -0.468 e. The van der Waals surface area contributed by atoms with Crippen LogP contribution in [-0.2, 0) is 44.9 Å². The number of esters is 3. The van der Waals surface area contributed by atoms with Gasteiger partial charge in [-0.25, -0.2) is 13.6 Å². The average Bonchev–Trinajstić information content (AvgIpc) is 3.72. The predicted molar refractivity (Wildman–Crippen MR) is 191 cm³/mol. The van der Waals surface area contributed by atoms with Gasteiger partial charge in [-0.05, 0) is 54.6 Å². The zero-order chi connectivity index (χ0) is 42.1. The van der Waals surface area contributed by atoms with Gasteiger partial charge >= 0.3 is 30.2 Å². The number of nitrogens with one attached hydrogen (secondary N) is 1. The molecule has 0 saturated carbocycles. The summed E-state index contributed by atoms with van der Waals surface area (Å²) in [4.78, 5) is 79.3. The zero-order valence-electron chi connectivity index (χ0n) is 30.5. The van der Waals surface area contributed by atoms with Gasteiger partial charge in [0.25, 0.3) is 11.8 Å². The number of carbonyl (C=O) groups excluding carboxylic acids is 6. The van der Waals surface area contributed by atoms with E-state index in [0.29, 0.717) is 11.0 Å². The quantitative estimate of drug-likeness (QED) is 0.0469. The lowest BCUT2D eigenvalue weighted by atomic mass is 9.87. The van der Waals surface area contributed by atoms with Crippen molar-refractivity contribution in [2.24, 2.45) is 0 Å². The molecular weight excluding hydrogens is 787 g/mol. The molecule has 19 heteroatoms. The highest BCUT2D eigenvalue weighted by Crippen LogP contribution is 2.36. The topological polar surface area (TPSA) is 164 Å². The molecule has 0 aliphatic heterocycles. The summed E-state index contributed by atoms with van der Waals surface area (Å²) in [6, 6.07) is 12.6. The zero-order valence-corrected chi connectivity index (χ0v) is 31.3. The maximum atomic E-state index is 16.3. The molecule has 13 nitrogen and oxygen atoms in total. The first-order valence-corrected chi connectivity index (χ1v) is 17.5. The number of hydrogen-bond donors (Lipinski definition) is 1. The number of nitrogens with zero attached hydrogens (tertiary/aromatic N) is 1. The maximum absolute atomic E-state index is 16.3. The van der Waals surface area contributed by atoms with E-state index < -0.39 is 94.8 Å². The second kappa shape index (κ2) is 18.5.